The largest absolute Gasteiger partial charge is 0.310 e. The average molecular weight is 292 g/mol. The number of hydrogen-bond donors (Lipinski definition) is 1. The number of nitrogens with one attached hydrogen (secondary N) is 1. The molecule has 1 N–H and O–H groups in total. The van der Waals surface area contributed by atoms with E-state index in [1.807, 2.05) is 11.8 Å². The summed E-state index contributed by atoms with van der Waals surface area (Å²) in [6.07, 6.45) is 8.29. The predicted octanol–water partition coefficient (Wildman–Crippen LogP) is 5.42. The van der Waals surface area contributed by atoms with Crippen LogP contribution >= 0.6 is 11.8 Å². The Balaban J connectivity index is 1.99. The highest BCUT2D eigenvalue weighted by atomic mass is 32.2. The van der Waals surface area contributed by atoms with E-state index in [1.165, 1.54) is 49.0 Å². The molecule has 112 valence electrons. The molecule has 0 radical (unpaired) electrons. The van der Waals surface area contributed by atoms with Crippen molar-refractivity contribution in [1.29, 1.82) is 0 Å². The molecule has 2 heteroatoms. The van der Waals surface area contributed by atoms with Crippen LogP contribution in [-0.2, 0) is 0 Å². The highest BCUT2D eigenvalue weighted by molar-refractivity contribution is 7.99. The van der Waals surface area contributed by atoms with Gasteiger partial charge in [0.15, 0.2) is 0 Å². The first-order chi connectivity index (χ1) is 9.83. The fourth-order valence-electron chi connectivity index (χ4n) is 3.20. The van der Waals surface area contributed by atoms with Crippen LogP contribution in [0.3, 0.4) is 0 Å². The van der Waals surface area contributed by atoms with Gasteiger partial charge in [-0.3, -0.25) is 0 Å². The monoisotopic (exact) mass is 291 g/mol. The Morgan fingerprint density at radius 2 is 1.85 bits per heavy atom. The van der Waals surface area contributed by atoms with Crippen molar-refractivity contribution < 1.29 is 0 Å². The summed E-state index contributed by atoms with van der Waals surface area (Å²) in [6, 6.07) is 9.80. The molecule has 2 rings (SSSR count). The third kappa shape index (κ3) is 4.82. The molecule has 0 aromatic heterocycles. The average Bonchev–Trinajstić information content (AvgIpc) is 2.98. The van der Waals surface area contributed by atoms with E-state index in [4.69, 9.17) is 0 Å². The Morgan fingerprint density at radius 1 is 1.15 bits per heavy atom. The van der Waals surface area contributed by atoms with E-state index in [-0.39, 0.29) is 0 Å². The summed E-state index contributed by atoms with van der Waals surface area (Å²) in [5.74, 6) is 2.09. The molecule has 0 aliphatic heterocycles. The zero-order valence-corrected chi connectivity index (χ0v) is 13.8. The molecule has 1 aliphatic rings. The second-order valence-corrected chi connectivity index (χ2v) is 7.23. The zero-order valence-electron chi connectivity index (χ0n) is 13.0. The summed E-state index contributed by atoms with van der Waals surface area (Å²) in [7, 11) is 0. The fraction of sp³-hybridized carbons (Fsp3) is 0.667. The van der Waals surface area contributed by atoms with Crippen molar-refractivity contribution in [2.75, 3.05) is 12.3 Å². The minimum Gasteiger partial charge on any atom is -0.310 e. The molecule has 0 bridgehead atoms. The second kappa shape index (κ2) is 8.74. The van der Waals surface area contributed by atoms with E-state index >= 15 is 0 Å². The summed E-state index contributed by atoms with van der Waals surface area (Å²) in [5.41, 5.74) is 1.48. The predicted molar refractivity (Wildman–Crippen MR) is 90.4 cm³/mol. The van der Waals surface area contributed by atoms with Gasteiger partial charge >= 0.3 is 0 Å². The molecule has 1 nitrogen and oxygen atoms in total. The first kappa shape index (κ1) is 15.9. The van der Waals surface area contributed by atoms with Gasteiger partial charge < -0.3 is 5.32 Å². The van der Waals surface area contributed by atoms with Gasteiger partial charge in [0, 0.05) is 10.9 Å². The zero-order chi connectivity index (χ0) is 14.2. The SMILES string of the molecule is CCCNC(CC1CCCC1)c1ccc(SCC)cc1. The lowest BCUT2D eigenvalue weighted by molar-refractivity contribution is 0.395. The van der Waals surface area contributed by atoms with Crippen LogP contribution < -0.4 is 5.32 Å². The lowest BCUT2D eigenvalue weighted by Crippen LogP contribution is -2.24. The minimum absolute atomic E-state index is 0.554. The summed E-state index contributed by atoms with van der Waals surface area (Å²) in [5, 5.41) is 3.76. The number of thioether (sulfide) groups is 1. The van der Waals surface area contributed by atoms with Crippen molar-refractivity contribution in [3.8, 4) is 0 Å². The second-order valence-electron chi connectivity index (χ2n) is 5.89. The van der Waals surface area contributed by atoms with Crippen molar-refractivity contribution in [2.45, 2.75) is 63.3 Å². The quantitative estimate of drug-likeness (QED) is 0.642. The van der Waals surface area contributed by atoms with Crippen molar-refractivity contribution in [3.05, 3.63) is 29.8 Å². The number of hydrogen-bond acceptors (Lipinski definition) is 2. The van der Waals surface area contributed by atoms with Crippen LogP contribution in [0.5, 0.6) is 0 Å². The minimum atomic E-state index is 0.554. The van der Waals surface area contributed by atoms with Crippen molar-refractivity contribution in [1.82, 2.24) is 5.32 Å². The van der Waals surface area contributed by atoms with Gasteiger partial charge in [-0.2, -0.15) is 0 Å². The molecule has 0 spiro atoms. The molecule has 20 heavy (non-hydrogen) atoms. The Labute approximate surface area is 128 Å². The molecular weight excluding hydrogens is 262 g/mol. The van der Waals surface area contributed by atoms with Crippen LogP contribution in [0.2, 0.25) is 0 Å². The van der Waals surface area contributed by atoms with E-state index in [0.29, 0.717) is 6.04 Å². The van der Waals surface area contributed by atoms with Crippen molar-refractivity contribution in [3.63, 3.8) is 0 Å². The van der Waals surface area contributed by atoms with Crippen LogP contribution in [0.15, 0.2) is 29.2 Å². The van der Waals surface area contributed by atoms with Crippen LogP contribution in [0.25, 0.3) is 0 Å². The highest BCUT2D eigenvalue weighted by Gasteiger charge is 2.20. The Hall–Kier alpha value is -0.470. The summed E-state index contributed by atoms with van der Waals surface area (Å²) < 4.78 is 0. The van der Waals surface area contributed by atoms with Gasteiger partial charge in [-0.05, 0) is 48.8 Å². The maximum atomic E-state index is 3.76. The Kier molecular flexibility index (Phi) is 6.95. The van der Waals surface area contributed by atoms with Crippen LogP contribution in [0.1, 0.15) is 64.0 Å². The lowest BCUT2D eigenvalue weighted by Gasteiger charge is -2.22. The molecule has 1 aromatic carbocycles. The first-order valence-electron chi connectivity index (χ1n) is 8.29. The summed E-state index contributed by atoms with van der Waals surface area (Å²) >= 11 is 1.93. The molecule has 0 saturated heterocycles. The highest BCUT2D eigenvalue weighted by Crippen LogP contribution is 2.33. The molecular formula is C18H29NS. The third-order valence-electron chi connectivity index (χ3n) is 4.28. The van der Waals surface area contributed by atoms with E-state index in [9.17, 15) is 0 Å². The molecule has 1 saturated carbocycles. The number of benzene rings is 1. The molecule has 1 aromatic rings. The van der Waals surface area contributed by atoms with Crippen LogP contribution in [-0.4, -0.2) is 12.3 Å². The Morgan fingerprint density at radius 3 is 2.45 bits per heavy atom. The van der Waals surface area contributed by atoms with E-state index in [0.717, 1.165) is 18.2 Å². The topological polar surface area (TPSA) is 12.0 Å². The lowest BCUT2D eigenvalue weighted by atomic mass is 9.93. The smallest absolute Gasteiger partial charge is 0.0322 e. The van der Waals surface area contributed by atoms with Crippen LogP contribution in [0.4, 0.5) is 0 Å². The molecule has 0 heterocycles. The van der Waals surface area contributed by atoms with E-state index < -0.39 is 0 Å². The van der Waals surface area contributed by atoms with E-state index in [2.05, 4.69) is 43.4 Å². The maximum absolute atomic E-state index is 3.76. The summed E-state index contributed by atoms with van der Waals surface area (Å²) in [6.45, 7) is 5.59. The van der Waals surface area contributed by atoms with E-state index in [1.54, 1.807) is 0 Å². The number of rotatable bonds is 8. The van der Waals surface area contributed by atoms with Gasteiger partial charge in [0.05, 0.1) is 0 Å². The van der Waals surface area contributed by atoms with Crippen molar-refractivity contribution in [2.24, 2.45) is 5.92 Å². The van der Waals surface area contributed by atoms with Gasteiger partial charge in [0.25, 0.3) is 0 Å². The molecule has 1 unspecified atom stereocenters. The standard InChI is InChI=1S/C18H29NS/c1-3-13-19-18(14-15-7-5-6-8-15)16-9-11-17(12-10-16)20-4-2/h9-12,15,18-19H,3-8,13-14H2,1-2H3. The van der Waals surface area contributed by atoms with Crippen molar-refractivity contribution >= 4 is 11.8 Å². The van der Waals surface area contributed by atoms with Gasteiger partial charge in [-0.15, -0.1) is 11.8 Å². The van der Waals surface area contributed by atoms with Gasteiger partial charge in [-0.1, -0.05) is 51.7 Å². The van der Waals surface area contributed by atoms with Gasteiger partial charge in [0.2, 0.25) is 0 Å². The Bertz CT molecular complexity index is 368. The first-order valence-corrected chi connectivity index (χ1v) is 9.28. The molecule has 1 atom stereocenters. The molecule has 1 fully saturated rings. The summed E-state index contributed by atoms with van der Waals surface area (Å²) in [4.78, 5) is 1.39. The van der Waals surface area contributed by atoms with Gasteiger partial charge in [-0.25, -0.2) is 0 Å². The maximum Gasteiger partial charge on any atom is 0.0322 e. The molecule has 0 amide bonds. The molecule has 1 aliphatic carbocycles. The van der Waals surface area contributed by atoms with Gasteiger partial charge in [0.1, 0.15) is 0 Å². The third-order valence-corrected chi connectivity index (χ3v) is 5.17. The van der Waals surface area contributed by atoms with Crippen LogP contribution in [0, 0.1) is 5.92 Å². The normalized spacial score (nSPS) is 17.5. The fourth-order valence-corrected chi connectivity index (χ4v) is 3.86.